The van der Waals surface area contributed by atoms with Gasteiger partial charge in [-0.25, -0.2) is 0 Å². The van der Waals surface area contributed by atoms with Crippen LogP contribution in [0, 0.1) is 0 Å². The normalized spacial score (nSPS) is 40.4. The molecule has 2 aliphatic heterocycles. The van der Waals surface area contributed by atoms with Gasteiger partial charge in [0.05, 0.1) is 38.1 Å². The van der Waals surface area contributed by atoms with Crippen molar-refractivity contribution in [3.63, 3.8) is 0 Å². The maximum atomic E-state index is 10.8. The predicted octanol–water partition coefficient (Wildman–Crippen LogP) is -3.39. The number of alkyl halides is 1. The topological polar surface area (TPSA) is 208 Å². The Hall–Kier alpha value is 0.210. The third kappa shape index (κ3) is 7.61. The quantitative estimate of drug-likeness (QED) is 0.0548. The van der Waals surface area contributed by atoms with E-state index in [0.717, 1.165) is 0 Å². The zero-order valence-corrected chi connectivity index (χ0v) is 21.1. The summed E-state index contributed by atoms with van der Waals surface area (Å²) in [5.74, 6) is -2.08. The fourth-order valence-electron chi connectivity index (χ4n) is 3.62. The predicted molar refractivity (Wildman–Crippen MR) is 122 cm³/mol. The number of hydrogen-bond donors (Lipinski definition) is 8. The Morgan fingerprint density at radius 1 is 0.912 bits per heavy atom. The Labute approximate surface area is 211 Å². The molecule has 0 aromatic rings. The van der Waals surface area contributed by atoms with E-state index in [1.807, 2.05) is 22.6 Å². The first kappa shape index (κ1) is 30.4. The lowest BCUT2D eigenvalue weighted by Crippen LogP contribution is -2.62. The van der Waals surface area contributed by atoms with Gasteiger partial charge in [-0.2, -0.15) is 0 Å². The summed E-state index contributed by atoms with van der Waals surface area (Å²) in [6.07, 6.45) is -13.1. The third-order valence-corrected chi connectivity index (χ3v) is 6.81. The van der Waals surface area contributed by atoms with E-state index in [1.165, 1.54) is 0 Å². The molecule has 2 saturated heterocycles. The van der Waals surface area contributed by atoms with Crippen molar-refractivity contribution in [3.8, 4) is 0 Å². The Morgan fingerprint density at radius 2 is 1.59 bits per heavy atom. The van der Waals surface area contributed by atoms with Gasteiger partial charge in [0.1, 0.15) is 43.2 Å². The van der Waals surface area contributed by atoms with E-state index in [9.17, 15) is 40.9 Å². The van der Waals surface area contributed by atoms with Crippen LogP contribution in [-0.4, -0.2) is 145 Å². The maximum Gasteiger partial charge on any atom is 0.224 e. The van der Waals surface area contributed by atoms with E-state index >= 15 is 0 Å². The lowest BCUT2D eigenvalue weighted by atomic mass is 9.99. The van der Waals surface area contributed by atoms with E-state index in [-0.39, 0.29) is 26.2 Å². The SMILES string of the molecule is CCC(O)COC[C@@]1(O[C@H]2O[C@H](CO)[C@@H](O)[C@H](O)[C@H]2O)O[C@H](CCOCC(O)CI)[C@@H](O)[C@@H]1O. The average molecular weight is 612 g/mol. The van der Waals surface area contributed by atoms with Crippen molar-refractivity contribution in [2.24, 2.45) is 0 Å². The van der Waals surface area contributed by atoms with Crippen LogP contribution in [0.1, 0.15) is 19.8 Å². The van der Waals surface area contributed by atoms with Gasteiger partial charge in [0.2, 0.25) is 5.79 Å². The molecule has 0 aromatic carbocycles. The van der Waals surface area contributed by atoms with Gasteiger partial charge in [-0.05, 0) is 12.8 Å². The lowest BCUT2D eigenvalue weighted by Gasteiger charge is -2.43. The molecule has 11 atom stereocenters. The summed E-state index contributed by atoms with van der Waals surface area (Å²) in [6.45, 7) is 0.606. The van der Waals surface area contributed by atoms with Gasteiger partial charge < -0.3 is 64.5 Å². The molecule has 202 valence electrons. The van der Waals surface area contributed by atoms with E-state index < -0.39 is 80.2 Å². The third-order valence-electron chi connectivity index (χ3n) is 5.79. The Bertz CT molecular complexity index is 587. The second kappa shape index (κ2) is 14.2. The molecule has 0 aromatic heterocycles. The fourth-order valence-corrected chi connectivity index (χ4v) is 3.87. The van der Waals surface area contributed by atoms with Crippen LogP contribution in [-0.2, 0) is 23.7 Å². The van der Waals surface area contributed by atoms with Gasteiger partial charge in [-0.3, -0.25) is 0 Å². The molecule has 2 fully saturated rings. The molecule has 0 bridgehead atoms. The molecule has 2 aliphatic rings. The van der Waals surface area contributed by atoms with Crippen LogP contribution in [0.2, 0.25) is 0 Å². The van der Waals surface area contributed by atoms with Crippen LogP contribution in [0.4, 0.5) is 0 Å². The summed E-state index contributed by atoms with van der Waals surface area (Å²) in [5, 5.41) is 80.6. The molecule has 0 amide bonds. The van der Waals surface area contributed by atoms with Gasteiger partial charge in [-0.15, -0.1) is 0 Å². The van der Waals surface area contributed by atoms with E-state index in [4.69, 9.17) is 23.7 Å². The number of hydrogen-bond acceptors (Lipinski definition) is 13. The minimum absolute atomic E-state index is 0.0822. The van der Waals surface area contributed by atoms with E-state index in [2.05, 4.69) is 0 Å². The molecule has 2 heterocycles. The molecule has 8 N–H and O–H groups in total. The van der Waals surface area contributed by atoms with Crippen LogP contribution < -0.4 is 0 Å². The van der Waals surface area contributed by atoms with Crippen molar-refractivity contribution in [1.29, 1.82) is 0 Å². The minimum atomic E-state index is -2.08. The van der Waals surface area contributed by atoms with Crippen molar-refractivity contribution >= 4 is 22.6 Å². The number of rotatable bonds is 14. The van der Waals surface area contributed by atoms with Crippen LogP contribution in [0.5, 0.6) is 0 Å². The van der Waals surface area contributed by atoms with Gasteiger partial charge in [0.25, 0.3) is 0 Å². The zero-order chi connectivity index (χ0) is 25.5. The summed E-state index contributed by atoms with van der Waals surface area (Å²) in [5.41, 5.74) is 0. The number of aliphatic hydroxyl groups is 8. The zero-order valence-electron chi connectivity index (χ0n) is 18.9. The maximum absolute atomic E-state index is 10.8. The standard InChI is InChI=1S/C20H37IO13/c1-2-10(23)7-31-9-20(34-19-17(28)16(27)14(25)13(6-22)32-19)18(29)15(26)12(33-20)3-4-30-8-11(24)5-21/h10-19,22-29H,2-9H2,1H3/t10?,11?,12-,13-,14-,15-,16+,17-,18+,19-,20+/m1/s1. The van der Waals surface area contributed by atoms with Crippen molar-refractivity contribution in [3.05, 3.63) is 0 Å². The van der Waals surface area contributed by atoms with Crippen molar-refractivity contribution in [1.82, 2.24) is 0 Å². The smallest absolute Gasteiger partial charge is 0.224 e. The molecular weight excluding hydrogens is 575 g/mol. The van der Waals surface area contributed by atoms with Crippen LogP contribution in [0.3, 0.4) is 0 Å². The molecule has 34 heavy (non-hydrogen) atoms. The minimum Gasteiger partial charge on any atom is -0.394 e. The second-order valence-electron chi connectivity index (χ2n) is 8.47. The van der Waals surface area contributed by atoms with Crippen LogP contribution in [0.15, 0.2) is 0 Å². The van der Waals surface area contributed by atoms with Crippen LogP contribution >= 0.6 is 22.6 Å². The second-order valence-corrected chi connectivity index (χ2v) is 9.35. The molecule has 13 nitrogen and oxygen atoms in total. The highest BCUT2D eigenvalue weighted by atomic mass is 127. The number of ether oxygens (including phenoxy) is 5. The summed E-state index contributed by atoms with van der Waals surface area (Å²) >= 11 is 2.01. The molecule has 0 aliphatic carbocycles. The van der Waals surface area contributed by atoms with Crippen molar-refractivity contribution in [2.45, 2.75) is 86.8 Å². The molecule has 0 saturated carbocycles. The first-order valence-electron chi connectivity index (χ1n) is 11.2. The van der Waals surface area contributed by atoms with Gasteiger partial charge in [-0.1, -0.05) is 29.5 Å². The molecule has 2 rings (SSSR count). The highest BCUT2D eigenvalue weighted by molar-refractivity contribution is 14.1. The molecule has 14 heteroatoms. The first-order valence-corrected chi connectivity index (χ1v) is 12.7. The number of aliphatic hydroxyl groups excluding tert-OH is 8. The average Bonchev–Trinajstić information content (AvgIpc) is 3.06. The summed E-state index contributed by atoms with van der Waals surface area (Å²) in [6, 6.07) is 0. The lowest BCUT2D eigenvalue weighted by molar-refractivity contribution is -0.385. The van der Waals surface area contributed by atoms with Gasteiger partial charge in [0, 0.05) is 11.0 Å². The molecule has 0 radical (unpaired) electrons. The summed E-state index contributed by atoms with van der Waals surface area (Å²) < 4.78 is 28.2. The fraction of sp³-hybridized carbons (Fsp3) is 1.00. The number of halogens is 1. The highest BCUT2D eigenvalue weighted by Gasteiger charge is 2.58. The van der Waals surface area contributed by atoms with Crippen LogP contribution in [0.25, 0.3) is 0 Å². The Balaban J connectivity index is 2.14. The summed E-state index contributed by atoms with van der Waals surface area (Å²) in [7, 11) is 0. The van der Waals surface area contributed by atoms with Crippen molar-refractivity contribution < 1.29 is 64.5 Å². The Kier molecular flexibility index (Phi) is 12.7. The Morgan fingerprint density at radius 3 is 2.21 bits per heavy atom. The summed E-state index contributed by atoms with van der Waals surface area (Å²) in [4.78, 5) is 0. The van der Waals surface area contributed by atoms with Gasteiger partial charge in [0.15, 0.2) is 6.29 Å². The highest BCUT2D eigenvalue weighted by Crippen LogP contribution is 2.37. The van der Waals surface area contributed by atoms with E-state index in [0.29, 0.717) is 10.8 Å². The molecular formula is C20H37IO13. The van der Waals surface area contributed by atoms with E-state index in [1.54, 1.807) is 6.92 Å². The monoisotopic (exact) mass is 612 g/mol. The molecule has 2 unspecified atom stereocenters. The largest absolute Gasteiger partial charge is 0.394 e. The van der Waals surface area contributed by atoms with Gasteiger partial charge >= 0.3 is 0 Å². The van der Waals surface area contributed by atoms with Crippen molar-refractivity contribution in [2.75, 3.05) is 37.5 Å². The first-order chi connectivity index (χ1) is 16.1. The molecule has 0 spiro atoms.